The van der Waals surface area contributed by atoms with Crippen molar-refractivity contribution in [2.24, 2.45) is 10.9 Å². The summed E-state index contributed by atoms with van der Waals surface area (Å²) in [7, 11) is 5.65. The van der Waals surface area contributed by atoms with Gasteiger partial charge in [-0.1, -0.05) is 18.1 Å². The number of hydrogen-bond donors (Lipinski definition) is 2. The summed E-state index contributed by atoms with van der Waals surface area (Å²) in [4.78, 5) is 8.32. The number of halogens is 1. The lowest BCUT2D eigenvalue weighted by molar-refractivity contribution is 0.125. The topological polar surface area (TPSA) is 58.1 Å². The number of methoxy groups -OCH3 is 1. The Morgan fingerprint density at radius 1 is 1.31 bits per heavy atom. The van der Waals surface area contributed by atoms with Gasteiger partial charge in [-0.15, -0.1) is 41.7 Å². The summed E-state index contributed by atoms with van der Waals surface area (Å²) in [6.45, 7) is 2.85. The lowest BCUT2D eigenvalue weighted by Gasteiger charge is -2.39. The van der Waals surface area contributed by atoms with Crippen molar-refractivity contribution in [1.29, 1.82) is 0 Å². The number of rotatable bonds is 8. The Morgan fingerprint density at radius 2 is 2.16 bits per heavy atom. The molecule has 1 saturated heterocycles. The van der Waals surface area contributed by atoms with E-state index in [1.54, 1.807) is 14.2 Å². The van der Waals surface area contributed by atoms with Gasteiger partial charge in [0.05, 0.1) is 7.11 Å². The third-order valence-electron chi connectivity index (χ3n) is 5.60. The summed E-state index contributed by atoms with van der Waals surface area (Å²) >= 11 is 1.84. The molecule has 1 aromatic carbocycles. The normalized spacial score (nSPS) is 18.9. The van der Waals surface area contributed by atoms with Crippen LogP contribution in [0.2, 0.25) is 0 Å². The number of piperidine rings is 1. The molecule has 1 aliphatic heterocycles. The Bertz CT molecular complexity index is 898. The van der Waals surface area contributed by atoms with Crippen molar-refractivity contribution in [2.45, 2.75) is 25.4 Å². The molecule has 1 aliphatic rings. The fourth-order valence-corrected chi connectivity index (χ4v) is 5.06. The number of hydrogen-bond acceptors (Lipinski definition) is 5. The second kappa shape index (κ2) is 13.6. The number of nitrogens with zero attached hydrogens (tertiary/aromatic N) is 2. The minimum atomic E-state index is 0. The fraction of sp³-hybridized carbons (Fsp3) is 0.458. The average molecular weight is 569 g/mol. The van der Waals surface area contributed by atoms with Crippen molar-refractivity contribution >= 4 is 41.3 Å². The maximum atomic E-state index is 5.60. The van der Waals surface area contributed by atoms with Crippen LogP contribution in [0.25, 0.3) is 0 Å². The summed E-state index contributed by atoms with van der Waals surface area (Å²) in [5.41, 5.74) is 1.06. The highest BCUT2D eigenvalue weighted by atomic mass is 127. The van der Waals surface area contributed by atoms with Crippen LogP contribution in [0.4, 0.5) is 0 Å². The number of likely N-dealkylation sites (tertiary alicyclic amines) is 1. The SMILES string of the molecule is C#CCOc1cc(CNC(=NC)NCC2CCCN(C)C2c2cccs2)ccc1OC.I. The average Bonchev–Trinajstić information content (AvgIpc) is 3.32. The fourth-order valence-electron chi connectivity index (χ4n) is 4.08. The van der Waals surface area contributed by atoms with Crippen LogP contribution < -0.4 is 20.1 Å². The standard InChI is InChI=1S/C24H32N4O2S.HI/c1-5-13-30-21-15-18(10-11-20(21)29-4)16-26-24(25-2)27-17-19-8-6-12-28(3)23(19)22-9-7-14-31-22;/h1,7,9-11,14-15,19,23H,6,8,12-13,16-17H2,2-4H3,(H2,25,26,27);1H. The van der Waals surface area contributed by atoms with Gasteiger partial charge in [0.2, 0.25) is 0 Å². The van der Waals surface area contributed by atoms with Crippen molar-refractivity contribution in [3.8, 4) is 23.8 Å². The van der Waals surface area contributed by atoms with E-state index in [9.17, 15) is 0 Å². The van der Waals surface area contributed by atoms with Crippen LogP contribution >= 0.6 is 35.3 Å². The molecule has 32 heavy (non-hydrogen) atoms. The monoisotopic (exact) mass is 568 g/mol. The van der Waals surface area contributed by atoms with Crippen molar-refractivity contribution in [3.63, 3.8) is 0 Å². The second-order valence-corrected chi connectivity index (χ2v) is 8.61. The van der Waals surface area contributed by atoms with Gasteiger partial charge in [-0.25, -0.2) is 0 Å². The zero-order chi connectivity index (χ0) is 22.1. The predicted molar refractivity (Wildman–Crippen MR) is 143 cm³/mol. The molecular weight excluding hydrogens is 535 g/mol. The quantitative estimate of drug-likeness (QED) is 0.217. The van der Waals surface area contributed by atoms with Crippen molar-refractivity contribution in [3.05, 3.63) is 46.2 Å². The molecule has 3 rings (SSSR count). The van der Waals surface area contributed by atoms with Crippen molar-refractivity contribution in [1.82, 2.24) is 15.5 Å². The van der Waals surface area contributed by atoms with Gasteiger partial charge in [-0.05, 0) is 61.5 Å². The molecule has 6 nitrogen and oxygen atoms in total. The maximum absolute atomic E-state index is 5.60. The van der Waals surface area contributed by atoms with E-state index in [0.717, 1.165) is 24.6 Å². The first-order chi connectivity index (χ1) is 15.2. The van der Waals surface area contributed by atoms with Crippen molar-refractivity contribution in [2.75, 3.05) is 40.9 Å². The van der Waals surface area contributed by atoms with Gasteiger partial charge in [0.15, 0.2) is 17.5 Å². The molecule has 1 aromatic heterocycles. The third-order valence-corrected chi connectivity index (χ3v) is 6.54. The Kier molecular flexibility index (Phi) is 11.1. The van der Waals surface area contributed by atoms with Gasteiger partial charge in [-0.2, -0.15) is 0 Å². The van der Waals surface area contributed by atoms with Gasteiger partial charge in [0.1, 0.15) is 6.61 Å². The summed E-state index contributed by atoms with van der Waals surface area (Å²) in [6.07, 6.45) is 7.75. The molecule has 2 N–H and O–H groups in total. The number of terminal acetylenes is 1. The number of ether oxygens (including phenoxy) is 2. The Balaban J connectivity index is 0.00000363. The Morgan fingerprint density at radius 3 is 2.84 bits per heavy atom. The summed E-state index contributed by atoms with van der Waals surface area (Å²) in [6, 6.07) is 10.7. The van der Waals surface area contributed by atoms with Crippen LogP contribution in [0.3, 0.4) is 0 Å². The number of nitrogens with one attached hydrogen (secondary N) is 2. The highest BCUT2D eigenvalue weighted by Crippen LogP contribution is 2.36. The van der Waals surface area contributed by atoms with E-state index in [2.05, 4.69) is 51.0 Å². The molecule has 0 amide bonds. The van der Waals surface area contributed by atoms with Crippen LogP contribution in [0.15, 0.2) is 40.7 Å². The van der Waals surface area contributed by atoms with Gasteiger partial charge in [-0.3, -0.25) is 9.89 Å². The van der Waals surface area contributed by atoms with Gasteiger partial charge in [0.25, 0.3) is 0 Å². The molecule has 174 valence electrons. The molecular formula is C24H33IN4O2S. The minimum absolute atomic E-state index is 0. The lowest BCUT2D eigenvalue weighted by Crippen LogP contribution is -2.44. The molecule has 2 unspecified atom stereocenters. The van der Waals surface area contributed by atoms with Crippen molar-refractivity contribution < 1.29 is 9.47 Å². The first-order valence-electron chi connectivity index (χ1n) is 10.6. The number of thiophene rings is 1. The molecule has 2 heterocycles. The number of aliphatic imine (C=N–C) groups is 1. The maximum Gasteiger partial charge on any atom is 0.191 e. The van der Waals surface area contributed by atoms with E-state index >= 15 is 0 Å². The van der Waals surface area contributed by atoms with Crippen LogP contribution in [0.5, 0.6) is 11.5 Å². The summed E-state index contributed by atoms with van der Waals surface area (Å²) in [5.74, 6) is 5.13. The predicted octanol–water partition coefficient (Wildman–Crippen LogP) is 4.13. The molecule has 0 aliphatic carbocycles. The smallest absolute Gasteiger partial charge is 0.191 e. The van der Waals surface area contributed by atoms with Crippen LogP contribution in [-0.4, -0.2) is 51.8 Å². The van der Waals surface area contributed by atoms with Crippen LogP contribution in [-0.2, 0) is 6.54 Å². The highest BCUT2D eigenvalue weighted by Gasteiger charge is 2.31. The summed E-state index contributed by atoms with van der Waals surface area (Å²) < 4.78 is 10.9. The second-order valence-electron chi connectivity index (χ2n) is 7.63. The molecule has 0 bridgehead atoms. The number of benzene rings is 1. The molecule has 2 aromatic rings. The largest absolute Gasteiger partial charge is 0.493 e. The van der Waals surface area contributed by atoms with Gasteiger partial charge in [0, 0.05) is 31.1 Å². The zero-order valence-corrected chi connectivity index (χ0v) is 22.1. The van der Waals surface area contributed by atoms with E-state index in [-0.39, 0.29) is 30.6 Å². The first-order valence-corrected chi connectivity index (χ1v) is 11.5. The number of guanidine groups is 1. The molecule has 0 saturated carbocycles. The van der Waals surface area contributed by atoms with E-state index < -0.39 is 0 Å². The van der Waals surface area contributed by atoms with E-state index in [0.29, 0.717) is 30.0 Å². The molecule has 1 fully saturated rings. The van der Waals surface area contributed by atoms with E-state index in [1.807, 2.05) is 29.5 Å². The van der Waals surface area contributed by atoms with Gasteiger partial charge < -0.3 is 20.1 Å². The Labute approximate surface area is 212 Å². The first kappa shape index (κ1) is 26.3. The molecule has 0 spiro atoms. The van der Waals surface area contributed by atoms with Gasteiger partial charge >= 0.3 is 0 Å². The lowest BCUT2D eigenvalue weighted by atomic mass is 9.88. The Hall–Kier alpha value is -1.96. The van der Waals surface area contributed by atoms with E-state index in [4.69, 9.17) is 15.9 Å². The highest BCUT2D eigenvalue weighted by molar-refractivity contribution is 14.0. The molecule has 0 radical (unpaired) electrons. The van der Waals surface area contributed by atoms with Crippen LogP contribution in [0.1, 0.15) is 29.3 Å². The van der Waals surface area contributed by atoms with E-state index in [1.165, 1.54) is 17.7 Å². The molecule has 2 atom stereocenters. The minimum Gasteiger partial charge on any atom is -0.493 e. The zero-order valence-electron chi connectivity index (χ0n) is 19.0. The molecule has 8 heteroatoms. The van der Waals surface area contributed by atoms with Crippen LogP contribution in [0, 0.1) is 18.3 Å². The third kappa shape index (κ3) is 7.02. The summed E-state index contributed by atoms with van der Waals surface area (Å²) in [5, 5.41) is 9.09.